The first-order valence-corrected chi connectivity index (χ1v) is 9.37. The molecule has 2 atom stereocenters. The van der Waals surface area contributed by atoms with Crippen molar-refractivity contribution in [2.24, 2.45) is 0 Å². The average molecular weight is 384 g/mol. The van der Waals surface area contributed by atoms with E-state index in [1.165, 1.54) is 11.1 Å². The summed E-state index contributed by atoms with van der Waals surface area (Å²) < 4.78 is 11.7. The van der Waals surface area contributed by atoms with Crippen LogP contribution in [-0.4, -0.2) is 18.8 Å². The van der Waals surface area contributed by atoms with Crippen LogP contribution in [0.15, 0.2) is 83.5 Å². The average Bonchev–Trinajstić information content (AvgIpc) is 3.23. The first-order valence-electron chi connectivity index (χ1n) is 9.37. The van der Waals surface area contributed by atoms with E-state index in [9.17, 15) is 0 Å². The van der Waals surface area contributed by atoms with Gasteiger partial charge in [-0.25, -0.2) is 0 Å². The largest absolute Gasteiger partial charge is 0.468 e. The fourth-order valence-electron chi connectivity index (χ4n) is 3.80. The lowest BCUT2D eigenvalue weighted by molar-refractivity contribution is -0.0119. The molecule has 0 unspecified atom stereocenters. The molecule has 2 heterocycles. The standard InChI is InChI=1S/C23H25NO2.ClH/c1-3-8-18(9-4-1)23(19-10-5-2-6-11-19)22-14-13-20(17-26-22)24-16-21-12-7-15-25-21;/h1-12,15,20,22-24H,13-14,16-17H2;1H/t20-,22-;/m0./s1. The van der Waals surface area contributed by atoms with Crippen molar-refractivity contribution in [1.29, 1.82) is 0 Å². The Bertz CT molecular complexity index is 729. The van der Waals surface area contributed by atoms with Gasteiger partial charge in [-0.15, -0.1) is 12.4 Å². The molecular formula is C23H26ClNO2. The lowest BCUT2D eigenvalue weighted by Crippen LogP contribution is -2.41. The van der Waals surface area contributed by atoms with Crippen molar-refractivity contribution in [1.82, 2.24) is 5.32 Å². The molecule has 1 fully saturated rings. The molecule has 3 nitrogen and oxygen atoms in total. The van der Waals surface area contributed by atoms with Crippen LogP contribution >= 0.6 is 12.4 Å². The van der Waals surface area contributed by atoms with E-state index in [2.05, 4.69) is 66.0 Å². The SMILES string of the molecule is Cl.c1ccc(C(c2ccccc2)[C@@H]2CC[C@H](NCc3ccco3)CO2)cc1. The van der Waals surface area contributed by atoms with Crippen molar-refractivity contribution in [2.75, 3.05) is 6.61 Å². The molecule has 3 aromatic rings. The van der Waals surface area contributed by atoms with Gasteiger partial charge in [-0.1, -0.05) is 60.7 Å². The zero-order chi connectivity index (χ0) is 17.6. The minimum atomic E-state index is 0. The number of benzene rings is 2. The smallest absolute Gasteiger partial charge is 0.117 e. The summed E-state index contributed by atoms with van der Waals surface area (Å²) in [6.45, 7) is 1.49. The predicted octanol–water partition coefficient (Wildman–Crippen LogP) is 5.17. The lowest BCUT2D eigenvalue weighted by Gasteiger charge is -2.35. The number of halogens is 1. The van der Waals surface area contributed by atoms with E-state index < -0.39 is 0 Å². The van der Waals surface area contributed by atoms with Crippen molar-refractivity contribution in [3.63, 3.8) is 0 Å². The summed E-state index contributed by atoms with van der Waals surface area (Å²) in [5.41, 5.74) is 2.65. The highest BCUT2D eigenvalue weighted by atomic mass is 35.5. The number of hydrogen-bond acceptors (Lipinski definition) is 3. The zero-order valence-corrected chi connectivity index (χ0v) is 16.1. The Kier molecular flexibility index (Phi) is 7.11. The van der Waals surface area contributed by atoms with Gasteiger partial charge in [-0.05, 0) is 36.1 Å². The Balaban J connectivity index is 0.00000210. The van der Waals surface area contributed by atoms with Crippen molar-refractivity contribution in [3.05, 3.63) is 95.9 Å². The third-order valence-corrected chi connectivity index (χ3v) is 5.15. The quantitative estimate of drug-likeness (QED) is 0.637. The van der Waals surface area contributed by atoms with E-state index in [0.717, 1.165) is 31.8 Å². The first-order chi connectivity index (χ1) is 12.9. The van der Waals surface area contributed by atoms with Crippen molar-refractivity contribution < 1.29 is 9.15 Å². The molecule has 1 N–H and O–H groups in total. The topological polar surface area (TPSA) is 34.4 Å². The summed E-state index contributed by atoms with van der Waals surface area (Å²) in [7, 11) is 0. The van der Waals surface area contributed by atoms with Crippen LogP contribution in [0, 0.1) is 0 Å². The molecule has 0 saturated carbocycles. The number of hydrogen-bond donors (Lipinski definition) is 1. The molecule has 27 heavy (non-hydrogen) atoms. The molecule has 0 spiro atoms. The van der Waals surface area contributed by atoms with Crippen molar-refractivity contribution in [2.45, 2.75) is 37.5 Å². The van der Waals surface area contributed by atoms with Gasteiger partial charge in [0.2, 0.25) is 0 Å². The number of ether oxygens (including phenoxy) is 1. The highest BCUT2D eigenvalue weighted by Crippen LogP contribution is 2.34. The fourth-order valence-corrected chi connectivity index (χ4v) is 3.80. The maximum absolute atomic E-state index is 6.34. The maximum Gasteiger partial charge on any atom is 0.117 e. The molecule has 1 aliphatic heterocycles. The molecule has 0 aliphatic carbocycles. The molecule has 0 radical (unpaired) electrons. The molecule has 2 aromatic carbocycles. The highest BCUT2D eigenvalue weighted by Gasteiger charge is 2.30. The maximum atomic E-state index is 6.34. The molecule has 1 aromatic heterocycles. The van der Waals surface area contributed by atoms with Gasteiger partial charge in [0, 0.05) is 12.0 Å². The number of rotatable bonds is 6. The second kappa shape index (κ2) is 9.75. The van der Waals surface area contributed by atoms with Gasteiger partial charge in [-0.3, -0.25) is 0 Å². The Labute approximate surface area is 167 Å². The zero-order valence-electron chi connectivity index (χ0n) is 15.3. The summed E-state index contributed by atoms with van der Waals surface area (Å²) in [6, 6.07) is 25.7. The van der Waals surface area contributed by atoms with Crippen LogP contribution in [0.2, 0.25) is 0 Å². The summed E-state index contributed by atoms with van der Waals surface area (Å²) >= 11 is 0. The molecule has 142 valence electrons. The van der Waals surface area contributed by atoms with Gasteiger partial charge in [0.1, 0.15) is 5.76 Å². The molecule has 4 heteroatoms. The van der Waals surface area contributed by atoms with Gasteiger partial charge >= 0.3 is 0 Å². The molecule has 0 amide bonds. The van der Waals surface area contributed by atoms with Crippen LogP contribution in [0.5, 0.6) is 0 Å². The molecular weight excluding hydrogens is 358 g/mol. The summed E-state index contributed by atoms with van der Waals surface area (Å²) in [5.74, 6) is 1.25. The first kappa shape index (κ1) is 19.7. The Morgan fingerprint density at radius 2 is 1.52 bits per heavy atom. The third kappa shape index (κ3) is 5.01. The minimum Gasteiger partial charge on any atom is -0.468 e. The Morgan fingerprint density at radius 3 is 2.04 bits per heavy atom. The van der Waals surface area contributed by atoms with Crippen LogP contribution in [0.4, 0.5) is 0 Å². The normalized spacial score (nSPS) is 19.6. The van der Waals surface area contributed by atoms with E-state index in [1.54, 1.807) is 6.26 Å². The molecule has 0 bridgehead atoms. The van der Waals surface area contributed by atoms with E-state index in [-0.39, 0.29) is 24.4 Å². The second-order valence-corrected chi connectivity index (χ2v) is 6.91. The molecule has 1 aliphatic rings. The van der Waals surface area contributed by atoms with E-state index in [0.29, 0.717) is 6.04 Å². The Morgan fingerprint density at radius 1 is 0.852 bits per heavy atom. The van der Waals surface area contributed by atoms with Gasteiger partial charge in [0.15, 0.2) is 0 Å². The number of furan rings is 1. The van der Waals surface area contributed by atoms with Gasteiger partial charge in [0.25, 0.3) is 0 Å². The minimum absolute atomic E-state index is 0. The van der Waals surface area contributed by atoms with Crippen molar-refractivity contribution >= 4 is 12.4 Å². The van der Waals surface area contributed by atoms with Crippen LogP contribution < -0.4 is 5.32 Å². The van der Waals surface area contributed by atoms with Crippen LogP contribution in [-0.2, 0) is 11.3 Å². The molecule has 4 rings (SSSR count). The van der Waals surface area contributed by atoms with Gasteiger partial charge in [-0.2, -0.15) is 0 Å². The molecule has 1 saturated heterocycles. The third-order valence-electron chi connectivity index (χ3n) is 5.15. The summed E-state index contributed by atoms with van der Waals surface area (Å²) in [5, 5.41) is 3.54. The Hall–Kier alpha value is -2.07. The highest BCUT2D eigenvalue weighted by molar-refractivity contribution is 5.85. The van der Waals surface area contributed by atoms with E-state index in [1.807, 2.05) is 12.1 Å². The van der Waals surface area contributed by atoms with Gasteiger partial charge < -0.3 is 14.5 Å². The van der Waals surface area contributed by atoms with Gasteiger partial charge in [0.05, 0.1) is 25.5 Å². The predicted molar refractivity (Wildman–Crippen MR) is 110 cm³/mol. The lowest BCUT2D eigenvalue weighted by atomic mass is 9.83. The van der Waals surface area contributed by atoms with E-state index >= 15 is 0 Å². The monoisotopic (exact) mass is 383 g/mol. The van der Waals surface area contributed by atoms with E-state index in [4.69, 9.17) is 9.15 Å². The van der Waals surface area contributed by atoms with Crippen LogP contribution in [0.3, 0.4) is 0 Å². The van der Waals surface area contributed by atoms with Crippen LogP contribution in [0.1, 0.15) is 35.6 Å². The summed E-state index contributed by atoms with van der Waals surface area (Å²) in [4.78, 5) is 0. The summed E-state index contributed by atoms with van der Waals surface area (Å²) in [6.07, 6.45) is 4.09. The fraction of sp³-hybridized carbons (Fsp3) is 0.304. The number of nitrogens with one attached hydrogen (secondary N) is 1. The van der Waals surface area contributed by atoms with Crippen molar-refractivity contribution in [3.8, 4) is 0 Å². The van der Waals surface area contributed by atoms with Crippen LogP contribution in [0.25, 0.3) is 0 Å². The second-order valence-electron chi connectivity index (χ2n) is 6.91.